The normalized spacial score (nSPS) is 13.2. The molecule has 0 atom stereocenters. The van der Waals surface area contributed by atoms with E-state index in [0.717, 1.165) is 35.3 Å². The van der Waals surface area contributed by atoms with E-state index in [9.17, 15) is 22.4 Å². The molecule has 0 radical (unpaired) electrons. The second kappa shape index (κ2) is 6.97. The van der Waals surface area contributed by atoms with Gasteiger partial charge in [0.25, 0.3) is 5.91 Å². The maximum Gasteiger partial charge on any atom is 0.258 e. The van der Waals surface area contributed by atoms with Crippen LogP contribution in [0.15, 0.2) is 59.5 Å². The van der Waals surface area contributed by atoms with Crippen LogP contribution in [-0.2, 0) is 14.6 Å². The molecule has 29 heavy (non-hydrogen) atoms. The van der Waals surface area contributed by atoms with E-state index in [4.69, 9.17) is 0 Å². The minimum atomic E-state index is -3.92. The number of amides is 2. The van der Waals surface area contributed by atoms with Crippen molar-refractivity contribution in [2.45, 2.75) is 11.8 Å². The molecule has 6 nitrogen and oxygen atoms in total. The lowest BCUT2D eigenvalue weighted by Gasteiger charge is -2.15. The van der Waals surface area contributed by atoms with Crippen molar-refractivity contribution in [2.75, 3.05) is 22.5 Å². The summed E-state index contributed by atoms with van der Waals surface area (Å²) in [6.45, 7) is 2.40. The van der Waals surface area contributed by atoms with E-state index >= 15 is 0 Å². The van der Waals surface area contributed by atoms with E-state index < -0.39 is 27.3 Å². The maximum absolute atomic E-state index is 13.0. The summed E-state index contributed by atoms with van der Waals surface area (Å²) in [7, 11) is -3.92. The smallest absolute Gasteiger partial charge is 0.258 e. The Balaban J connectivity index is 1.64. The summed E-state index contributed by atoms with van der Waals surface area (Å²) in [6.07, 6.45) is 0. The van der Waals surface area contributed by atoms with Gasteiger partial charge in [-0.2, -0.15) is 0 Å². The highest BCUT2D eigenvalue weighted by Gasteiger charge is 2.29. The SMILES string of the molecule is CCN1C(=O)c2cccc3c(NC(=O)CS(=O)(=O)c4ccc(F)cc4)ccc1c23. The first kappa shape index (κ1) is 19.1. The molecular formula is C21H17FN2O4S. The van der Waals surface area contributed by atoms with Crippen molar-refractivity contribution < 1.29 is 22.4 Å². The van der Waals surface area contributed by atoms with Gasteiger partial charge in [0.2, 0.25) is 5.91 Å². The van der Waals surface area contributed by atoms with E-state index in [1.54, 1.807) is 35.2 Å². The van der Waals surface area contributed by atoms with Crippen LogP contribution in [0.1, 0.15) is 17.3 Å². The Labute approximate surface area is 166 Å². The summed E-state index contributed by atoms with van der Waals surface area (Å²) < 4.78 is 37.9. The molecule has 0 aromatic heterocycles. The van der Waals surface area contributed by atoms with Crippen molar-refractivity contribution >= 4 is 43.8 Å². The quantitative estimate of drug-likeness (QED) is 0.652. The van der Waals surface area contributed by atoms with E-state index in [1.807, 2.05) is 6.92 Å². The van der Waals surface area contributed by atoms with Crippen LogP contribution in [0, 0.1) is 5.82 Å². The van der Waals surface area contributed by atoms with Gasteiger partial charge in [0, 0.05) is 28.6 Å². The van der Waals surface area contributed by atoms with Crippen molar-refractivity contribution in [1.82, 2.24) is 0 Å². The average Bonchev–Trinajstić information content (AvgIpc) is 2.96. The molecule has 148 valence electrons. The van der Waals surface area contributed by atoms with Gasteiger partial charge in [-0.15, -0.1) is 0 Å². The lowest BCUT2D eigenvalue weighted by molar-refractivity contribution is -0.113. The number of nitrogens with zero attached hydrogens (tertiary/aromatic N) is 1. The monoisotopic (exact) mass is 412 g/mol. The highest BCUT2D eigenvalue weighted by atomic mass is 32.2. The van der Waals surface area contributed by atoms with Crippen LogP contribution in [0.4, 0.5) is 15.8 Å². The van der Waals surface area contributed by atoms with Crippen LogP contribution < -0.4 is 10.2 Å². The molecule has 0 spiro atoms. The van der Waals surface area contributed by atoms with Crippen molar-refractivity contribution in [3.8, 4) is 0 Å². The summed E-state index contributed by atoms with van der Waals surface area (Å²) >= 11 is 0. The Kier molecular flexibility index (Phi) is 4.58. The van der Waals surface area contributed by atoms with Gasteiger partial charge in [-0.3, -0.25) is 9.59 Å². The summed E-state index contributed by atoms with van der Waals surface area (Å²) in [6, 6.07) is 12.9. The van der Waals surface area contributed by atoms with Crippen LogP contribution in [0.5, 0.6) is 0 Å². The largest absolute Gasteiger partial charge is 0.325 e. The van der Waals surface area contributed by atoms with Gasteiger partial charge < -0.3 is 10.2 Å². The fourth-order valence-electron chi connectivity index (χ4n) is 3.55. The number of carbonyl (C=O) groups is 2. The lowest BCUT2D eigenvalue weighted by atomic mass is 10.0. The lowest BCUT2D eigenvalue weighted by Crippen LogP contribution is -2.25. The van der Waals surface area contributed by atoms with E-state index in [-0.39, 0.29) is 10.8 Å². The fourth-order valence-corrected chi connectivity index (χ4v) is 4.69. The number of carbonyl (C=O) groups excluding carboxylic acids is 2. The molecule has 8 heteroatoms. The molecule has 1 N–H and O–H groups in total. The third-order valence-corrected chi connectivity index (χ3v) is 6.50. The number of anilines is 2. The minimum absolute atomic E-state index is 0.101. The van der Waals surface area contributed by atoms with Gasteiger partial charge in [0.05, 0.1) is 10.6 Å². The Hall–Kier alpha value is -3.26. The van der Waals surface area contributed by atoms with Crippen LogP contribution in [-0.4, -0.2) is 32.5 Å². The minimum Gasteiger partial charge on any atom is -0.325 e. The number of hydrogen-bond acceptors (Lipinski definition) is 4. The van der Waals surface area contributed by atoms with Crippen LogP contribution in [0.25, 0.3) is 10.8 Å². The molecule has 2 amide bonds. The molecule has 0 aliphatic carbocycles. The molecule has 4 rings (SSSR count). The molecule has 0 unspecified atom stereocenters. The third-order valence-electron chi connectivity index (χ3n) is 4.87. The zero-order valence-corrected chi connectivity index (χ0v) is 16.3. The van der Waals surface area contributed by atoms with Crippen molar-refractivity contribution in [2.24, 2.45) is 0 Å². The number of rotatable bonds is 5. The van der Waals surface area contributed by atoms with Crippen LogP contribution in [0.3, 0.4) is 0 Å². The Morgan fingerprint density at radius 2 is 1.79 bits per heavy atom. The third kappa shape index (κ3) is 3.25. The second-order valence-electron chi connectivity index (χ2n) is 6.67. The Morgan fingerprint density at radius 3 is 2.48 bits per heavy atom. The molecule has 0 bridgehead atoms. The van der Waals surface area contributed by atoms with Crippen molar-refractivity contribution in [3.05, 3.63) is 66.0 Å². The van der Waals surface area contributed by atoms with E-state index in [0.29, 0.717) is 23.2 Å². The van der Waals surface area contributed by atoms with Gasteiger partial charge in [-0.1, -0.05) is 12.1 Å². The molecule has 3 aromatic rings. The topological polar surface area (TPSA) is 83.6 Å². The molecule has 1 heterocycles. The van der Waals surface area contributed by atoms with Crippen LogP contribution >= 0.6 is 0 Å². The zero-order valence-electron chi connectivity index (χ0n) is 15.5. The van der Waals surface area contributed by atoms with Gasteiger partial charge >= 0.3 is 0 Å². The number of sulfone groups is 1. The number of halogens is 1. The average molecular weight is 412 g/mol. The van der Waals surface area contributed by atoms with Crippen molar-refractivity contribution in [1.29, 1.82) is 0 Å². The standard InChI is InChI=1S/C21H17FN2O4S/c1-2-24-18-11-10-17(15-4-3-5-16(20(15)18)21(24)26)23-19(25)12-29(27,28)14-8-6-13(22)7-9-14/h3-11H,2,12H2,1H3,(H,23,25). The van der Waals surface area contributed by atoms with Gasteiger partial charge in [-0.05, 0) is 49.4 Å². The second-order valence-corrected chi connectivity index (χ2v) is 8.66. The van der Waals surface area contributed by atoms with E-state index in [2.05, 4.69) is 5.32 Å². The fraction of sp³-hybridized carbons (Fsp3) is 0.143. The first-order valence-electron chi connectivity index (χ1n) is 8.97. The first-order chi connectivity index (χ1) is 13.8. The molecule has 0 fully saturated rings. The molecule has 0 saturated heterocycles. The predicted octanol–water partition coefficient (Wildman–Crippen LogP) is 3.37. The predicted molar refractivity (Wildman–Crippen MR) is 108 cm³/mol. The highest BCUT2D eigenvalue weighted by molar-refractivity contribution is 7.92. The summed E-state index contributed by atoms with van der Waals surface area (Å²) in [5.41, 5.74) is 1.74. The van der Waals surface area contributed by atoms with Gasteiger partial charge in [0.15, 0.2) is 9.84 Å². The molecular weight excluding hydrogens is 395 g/mol. The van der Waals surface area contributed by atoms with Crippen molar-refractivity contribution in [3.63, 3.8) is 0 Å². The molecule has 1 aliphatic rings. The molecule has 1 aliphatic heterocycles. The maximum atomic E-state index is 13.0. The summed E-state index contributed by atoms with van der Waals surface area (Å²) in [4.78, 5) is 26.5. The van der Waals surface area contributed by atoms with E-state index in [1.165, 1.54) is 0 Å². The first-order valence-corrected chi connectivity index (χ1v) is 10.6. The van der Waals surface area contributed by atoms with Crippen LogP contribution in [0.2, 0.25) is 0 Å². The molecule has 3 aromatic carbocycles. The summed E-state index contributed by atoms with van der Waals surface area (Å²) in [5.74, 6) is -2.15. The molecule has 0 saturated carbocycles. The Morgan fingerprint density at radius 1 is 1.07 bits per heavy atom. The van der Waals surface area contributed by atoms with Gasteiger partial charge in [-0.25, -0.2) is 12.8 Å². The zero-order chi connectivity index (χ0) is 20.8. The summed E-state index contributed by atoms with van der Waals surface area (Å²) in [5, 5.41) is 4.03. The highest BCUT2D eigenvalue weighted by Crippen LogP contribution is 2.40. The number of nitrogens with one attached hydrogen (secondary N) is 1. The van der Waals surface area contributed by atoms with Gasteiger partial charge in [0.1, 0.15) is 11.6 Å². The Bertz CT molecular complexity index is 1250. The number of benzene rings is 3. The number of hydrogen-bond donors (Lipinski definition) is 1.